The van der Waals surface area contributed by atoms with Crippen molar-refractivity contribution in [1.29, 1.82) is 0 Å². The van der Waals surface area contributed by atoms with Crippen LogP contribution >= 0.6 is 0 Å². The van der Waals surface area contributed by atoms with E-state index in [9.17, 15) is 0 Å². The minimum atomic E-state index is 0.679. The van der Waals surface area contributed by atoms with Gasteiger partial charge in [-0.1, -0.05) is 33.3 Å². The summed E-state index contributed by atoms with van der Waals surface area (Å²) in [5.74, 6) is 1.44. The predicted molar refractivity (Wildman–Crippen MR) is 56.7 cm³/mol. The Balaban J connectivity index is 2.78. The molecule has 1 heteroatoms. The minimum absolute atomic E-state index is 0.679. The van der Waals surface area contributed by atoms with Crippen LogP contribution in [0.2, 0.25) is 0 Å². The molecule has 0 aliphatic carbocycles. The summed E-state index contributed by atoms with van der Waals surface area (Å²) in [6, 6.07) is 4.22. The fraction of sp³-hybridized carbons (Fsp3) is 0.583. The van der Waals surface area contributed by atoms with Crippen LogP contribution in [0.4, 0.5) is 0 Å². The molecular weight excluding hydrogens is 158 g/mol. The second-order valence-electron chi connectivity index (χ2n) is 3.69. The van der Waals surface area contributed by atoms with E-state index in [0.717, 1.165) is 5.92 Å². The Kier molecular flexibility index (Phi) is 3.94. The molecule has 1 heterocycles. The lowest BCUT2D eigenvalue weighted by Crippen LogP contribution is -2.08. The van der Waals surface area contributed by atoms with Crippen LogP contribution in [0.3, 0.4) is 0 Å². The lowest BCUT2D eigenvalue weighted by atomic mass is 9.84. The molecule has 0 aromatic carbocycles. The van der Waals surface area contributed by atoms with E-state index < -0.39 is 0 Å². The molecule has 0 spiro atoms. The fourth-order valence-electron chi connectivity index (χ4n) is 1.85. The second kappa shape index (κ2) is 5.00. The van der Waals surface area contributed by atoms with Crippen molar-refractivity contribution in [3.8, 4) is 0 Å². The van der Waals surface area contributed by atoms with Gasteiger partial charge in [-0.05, 0) is 29.9 Å². The number of rotatable bonds is 4. The topological polar surface area (TPSA) is 12.9 Å². The van der Waals surface area contributed by atoms with Crippen LogP contribution in [0.1, 0.15) is 45.1 Å². The van der Waals surface area contributed by atoms with Crippen LogP contribution in [0.5, 0.6) is 0 Å². The maximum Gasteiger partial charge on any atom is 0.0302 e. The summed E-state index contributed by atoms with van der Waals surface area (Å²) in [4.78, 5) is 4.17. The van der Waals surface area contributed by atoms with Gasteiger partial charge in [-0.25, -0.2) is 0 Å². The molecule has 0 radical (unpaired) electrons. The number of nitrogens with zero attached hydrogens (tertiary/aromatic N) is 1. The van der Waals surface area contributed by atoms with Crippen LogP contribution in [0.15, 0.2) is 24.5 Å². The van der Waals surface area contributed by atoms with Gasteiger partial charge in [0.25, 0.3) is 0 Å². The molecule has 0 saturated carbocycles. The maximum absolute atomic E-state index is 4.17. The van der Waals surface area contributed by atoms with E-state index in [1.54, 1.807) is 0 Å². The molecular formula is C12H19N. The van der Waals surface area contributed by atoms with E-state index in [1.807, 2.05) is 18.5 Å². The smallest absolute Gasteiger partial charge is 0.0302 e. The third-order valence-corrected chi connectivity index (χ3v) is 2.88. The summed E-state index contributed by atoms with van der Waals surface area (Å²) in [5, 5.41) is 0. The summed E-state index contributed by atoms with van der Waals surface area (Å²) in [5.41, 5.74) is 1.39. The van der Waals surface area contributed by atoms with Crippen LogP contribution in [0, 0.1) is 5.92 Å². The first-order chi connectivity index (χ1) is 6.29. The summed E-state index contributed by atoms with van der Waals surface area (Å²) in [6.07, 6.45) is 6.29. The first-order valence-electron chi connectivity index (χ1n) is 5.19. The molecule has 0 N–H and O–H groups in total. The monoisotopic (exact) mass is 177 g/mol. The van der Waals surface area contributed by atoms with E-state index in [0.29, 0.717) is 5.92 Å². The normalized spacial score (nSPS) is 15.3. The second-order valence-corrected chi connectivity index (χ2v) is 3.69. The van der Waals surface area contributed by atoms with Crippen LogP contribution in [0.25, 0.3) is 0 Å². The van der Waals surface area contributed by atoms with Gasteiger partial charge in [0.15, 0.2) is 0 Å². The van der Waals surface area contributed by atoms with Crippen molar-refractivity contribution in [2.45, 2.75) is 39.5 Å². The molecule has 0 bridgehead atoms. The fourth-order valence-corrected chi connectivity index (χ4v) is 1.85. The van der Waals surface area contributed by atoms with Gasteiger partial charge in [0.1, 0.15) is 0 Å². The van der Waals surface area contributed by atoms with Gasteiger partial charge >= 0.3 is 0 Å². The molecule has 13 heavy (non-hydrogen) atoms. The minimum Gasteiger partial charge on any atom is -0.264 e. The average Bonchev–Trinajstić information content (AvgIpc) is 2.20. The number of hydrogen-bond donors (Lipinski definition) is 0. The van der Waals surface area contributed by atoms with E-state index in [2.05, 4.69) is 31.8 Å². The lowest BCUT2D eigenvalue weighted by Gasteiger charge is -2.21. The van der Waals surface area contributed by atoms with Crippen molar-refractivity contribution in [3.05, 3.63) is 30.1 Å². The maximum atomic E-state index is 4.17. The van der Waals surface area contributed by atoms with Gasteiger partial charge in [-0.3, -0.25) is 4.98 Å². The molecule has 0 fully saturated rings. The Hall–Kier alpha value is -0.850. The lowest BCUT2D eigenvalue weighted by molar-refractivity contribution is 0.434. The first kappa shape index (κ1) is 10.2. The largest absolute Gasteiger partial charge is 0.264 e. The quantitative estimate of drug-likeness (QED) is 0.684. The molecule has 2 unspecified atom stereocenters. The van der Waals surface area contributed by atoms with Crippen molar-refractivity contribution in [1.82, 2.24) is 4.98 Å². The Bertz CT molecular complexity index is 230. The van der Waals surface area contributed by atoms with Gasteiger partial charge in [-0.15, -0.1) is 0 Å². The summed E-state index contributed by atoms with van der Waals surface area (Å²) < 4.78 is 0. The molecule has 1 rings (SSSR count). The Morgan fingerprint density at radius 2 is 2.08 bits per heavy atom. The van der Waals surface area contributed by atoms with Crippen molar-refractivity contribution in [2.75, 3.05) is 0 Å². The van der Waals surface area contributed by atoms with Gasteiger partial charge in [-0.2, -0.15) is 0 Å². The number of hydrogen-bond acceptors (Lipinski definition) is 1. The molecule has 0 aliphatic rings. The number of pyridine rings is 1. The van der Waals surface area contributed by atoms with Crippen molar-refractivity contribution >= 4 is 0 Å². The Labute approximate surface area is 81.2 Å². The molecule has 2 atom stereocenters. The van der Waals surface area contributed by atoms with E-state index >= 15 is 0 Å². The zero-order chi connectivity index (χ0) is 9.68. The standard InChI is InChI=1S/C12H19N/c1-4-10(3)12(5-2)11-7-6-8-13-9-11/h6-10,12H,4-5H2,1-3H3. The Morgan fingerprint density at radius 1 is 1.31 bits per heavy atom. The molecule has 1 aromatic rings. The molecule has 72 valence electrons. The molecule has 0 amide bonds. The van der Waals surface area contributed by atoms with Crippen LogP contribution < -0.4 is 0 Å². The van der Waals surface area contributed by atoms with Crippen molar-refractivity contribution in [2.24, 2.45) is 5.92 Å². The average molecular weight is 177 g/mol. The summed E-state index contributed by atoms with van der Waals surface area (Å²) >= 11 is 0. The zero-order valence-electron chi connectivity index (χ0n) is 8.83. The van der Waals surface area contributed by atoms with Crippen molar-refractivity contribution in [3.63, 3.8) is 0 Å². The first-order valence-corrected chi connectivity index (χ1v) is 5.19. The van der Waals surface area contributed by atoms with E-state index in [4.69, 9.17) is 0 Å². The highest BCUT2D eigenvalue weighted by molar-refractivity contribution is 5.15. The van der Waals surface area contributed by atoms with Gasteiger partial charge in [0.2, 0.25) is 0 Å². The molecule has 0 aliphatic heterocycles. The van der Waals surface area contributed by atoms with E-state index in [-0.39, 0.29) is 0 Å². The third kappa shape index (κ3) is 2.55. The predicted octanol–water partition coefficient (Wildman–Crippen LogP) is 3.62. The molecule has 0 saturated heterocycles. The summed E-state index contributed by atoms with van der Waals surface area (Å²) in [6.45, 7) is 6.83. The van der Waals surface area contributed by atoms with Crippen molar-refractivity contribution < 1.29 is 0 Å². The highest BCUT2D eigenvalue weighted by Crippen LogP contribution is 2.28. The summed E-state index contributed by atoms with van der Waals surface area (Å²) in [7, 11) is 0. The van der Waals surface area contributed by atoms with Gasteiger partial charge in [0.05, 0.1) is 0 Å². The number of aromatic nitrogens is 1. The molecule has 1 nitrogen and oxygen atoms in total. The highest BCUT2D eigenvalue weighted by Gasteiger charge is 2.15. The van der Waals surface area contributed by atoms with Gasteiger partial charge < -0.3 is 0 Å². The Morgan fingerprint density at radius 3 is 2.54 bits per heavy atom. The van der Waals surface area contributed by atoms with Crippen LogP contribution in [-0.4, -0.2) is 4.98 Å². The van der Waals surface area contributed by atoms with E-state index in [1.165, 1.54) is 18.4 Å². The van der Waals surface area contributed by atoms with Gasteiger partial charge in [0, 0.05) is 12.4 Å². The SMILES string of the molecule is CCC(C)C(CC)c1cccnc1. The van der Waals surface area contributed by atoms with Crippen LogP contribution in [-0.2, 0) is 0 Å². The zero-order valence-corrected chi connectivity index (χ0v) is 8.83. The highest BCUT2D eigenvalue weighted by atomic mass is 14.6. The molecule has 1 aromatic heterocycles. The third-order valence-electron chi connectivity index (χ3n) is 2.88.